The molecule has 1 fully saturated rings. The van der Waals surface area contributed by atoms with Crippen LogP contribution >= 0.6 is 0 Å². The van der Waals surface area contributed by atoms with Crippen LogP contribution in [0.15, 0.2) is 34.9 Å². The second kappa shape index (κ2) is 9.91. The summed E-state index contributed by atoms with van der Waals surface area (Å²) in [7, 11) is 0. The summed E-state index contributed by atoms with van der Waals surface area (Å²) >= 11 is 0. The third-order valence-electron chi connectivity index (χ3n) is 6.79. The van der Waals surface area contributed by atoms with Crippen LogP contribution in [0.5, 0.6) is 0 Å². The highest BCUT2D eigenvalue weighted by atomic mass is 19.4. The number of nitrogen functional groups attached to an aromatic ring is 1. The van der Waals surface area contributed by atoms with Crippen molar-refractivity contribution in [3.8, 4) is 11.3 Å². The van der Waals surface area contributed by atoms with E-state index in [2.05, 4.69) is 15.6 Å². The number of amides is 2. The molecule has 2 aromatic heterocycles. The molecule has 0 aliphatic heterocycles. The van der Waals surface area contributed by atoms with Gasteiger partial charge in [0.2, 0.25) is 11.8 Å². The number of halogens is 3. The van der Waals surface area contributed by atoms with Gasteiger partial charge < -0.3 is 16.0 Å². The van der Waals surface area contributed by atoms with Gasteiger partial charge in [-0.25, -0.2) is 4.68 Å². The Morgan fingerprint density at radius 2 is 1.81 bits per heavy atom. The summed E-state index contributed by atoms with van der Waals surface area (Å²) in [5.74, 6) is -1.14. The standard InChI is InChI=1S/C25H29F3N6O3/c1-14(2)34-22(29)20(23(30)36)21(32-34)16-8-6-15(7-9-16)12-18(35)31-19-13-17(33-37-19)24(25(26,27)28)10-4-3-5-11-24/h6-9,13-14H,3-5,10-12,29H2,1-2H3,(H2,30,36)(H,31,35). The molecule has 1 aromatic carbocycles. The van der Waals surface area contributed by atoms with Gasteiger partial charge in [-0.05, 0) is 32.3 Å². The zero-order valence-corrected chi connectivity index (χ0v) is 20.6. The van der Waals surface area contributed by atoms with Gasteiger partial charge in [-0.3, -0.25) is 14.9 Å². The number of nitrogens with one attached hydrogen (secondary N) is 1. The van der Waals surface area contributed by atoms with Crippen molar-refractivity contribution in [2.45, 2.75) is 70.0 Å². The number of nitrogens with two attached hydrogens (primary N) is 2. The summed E-state index contributed by atoms with van der Waals surface area (Å²) in [5.41, 5.74) is 11.0. The lowest BCUT2D eigenvalue weighted by atomic mass is 9.71. The molecule has 0 bridgehead atoms. The molecule has 2 amide bonds. The molecule has 12 heteroatoms. The van der Waals surface area contributed by atoms with Crippen molar-refractivity contribution in [3.05, 3.63) is 47.2 Å². The van der Waals surface area contributed by atoms with Crippen LogP contribution < -0.4 is 16.8 Å². The lowest BCUT2D eigenvalue weighted by molar-refractivity contribution is -0.201. The third kappa shape index (κ3) is 5.05. The van der Waals surface area contributed by atoms with E-state index in [0.29, 0.717) is 29.7 Å². The number of carbonyl (C=O) groups is 2. The Balaban J connectivity index is 1.47. The van der Waals surface area contributed by atoms with Crippen LogP contribution in [0, 0.1) is 0 Å². The number of carbonyl (C=O) groups excluding carboxylic acids is 2. The fourth-order valence-electron chi connectivity index (χ4n) is 4.83. The second-order valence-corrected chi connectivity index (χ2v) is 9.65. The van der Waals surface area contributed by atoms with E-state index in [9.17, 15) is 22.8 Å². The van der Waals surface area contributed by atoms with Gasteiger partial charge in [-0.15, -0.1) is 0 Å². The summed E-state index contributed by atoms with van der Waals surface area (Å²) in [6.07, 6.45) is -2.98. The minimum Gasteiger partial charge on any atom is -0.383 e. The number of rotatable bonds is 7. The van der Waals surface area contributed by atoms with Crippen LogP contribution in [0.2, 0.25) is 0 Å². The van der Waals surface area contributed by atoms with Crippen LogP contribution in [-0.4, -0.2) is 32.9 Å². The van der Waals surface area contributed by atoms with Gasteiger partial charge in [-0.2, -0.15) is 18.3 Å². The molecule has 5 N–H and O–H groups in total. The number of anilines is 2. The van der Waals surface area contributed by atoms with Gasteiger partial charge in [0.25, 0.3) is 5.91 Å². The molecule has 198 valence electrons. The van der Waals surface area contributed by atoms with Gasteiger partial charge >= 0.3 is 6.18 Å². The Morgan fingerprint density at radius 1 is 1.16 bits per heavy atom. The zero-order valence-electron chi connectivity index (χ0n) is 20.6. The van der Waals surface area contributed by atoms with E-state index in [4.69, 9.17) is 16.0 Å². The van der Waals surface area contributed by atoms with Crippen LogP contribution in [0.25, 0.3) is 11.3 Å². The van der Waals surface area contributed by atoms with Crippen LogP contribution in [-0.2, 0) is 16.6 Å². The molecule has 9 nitrogen and oxygen atoms in total. The van der Waals surface area contributed by atoms with Crippen molar-refractivity contribution in [1.29, 1.82) is 0 Å². The number of hydrogen-bond acceptors (Lipinski definition) is 6. The van der Waals surface area contributed by atoms with Crippen molar-refractivity contribution in [2.24, 2.45) is 5.73 Å². The number of hydrogen-bond donors (Lipinski definition) is 3. The molecule has 2 heterocycles. The van der Waals surface area contributed by atoms with Gasteiger partial charge in [0, 0.05) is 17.7 Å². The number of nitrogens with zero attached hydrogens (tertiary/aromatic N) is 3. The summed E-state index contributed by atoms with van der Waals surface area (Å²) in [4.78, 5) is 24.5. The Kier molecular flexibility index (Phi) is 7.03. The summed E-state index contributed by atoms with van der Waals surface area (Å²) in [6, 6.07) is 7.80. The lowest BCUT2D eigenvalue weighted by Gasteiger charge is -2.36. The number of alkyl halides is 3. The first-order valence-electron chi connectivity index (χ1n) is 12.0. The van der Waals surface area contributed by atoms with E-state index >= 15 is 0 Å². The highest BCUT2D eigenvalue weighted by Gasteiger charge is 2.57. The van der Waals surface area contributed by atoms with E-state index in [1.165, 1.54) is 10.7 Å². The highest BCUT2D eigenvalue weighted by molar-refractivity contribution is 6.03. The summed E-state index contributed by atoms with van der Waals surface area (Å²) < 4.78 is 48.3. The SMILES string of the molecule is CC(C)n1nc(-c2ccc(CC(=O)Nc3cc(C4(C(F)(F)F)CCCCC4)no3)cc2)c(C(N)=O)c1N. The summed E-state index contributed by atoms with van der Waals surface area (Å²) in [5, 5.41) is 10.6. The number of benzene rings is 1. The predicted molar refractivity (Wildman–Crippen MR) is 131 cm³/mol. The molecule has 3 aromatic rings. The monoisotopic (exact) mass is 518 g/mol. The third-order valence-corrected chi connectivity index (χ3v) is 6.79. The first-order valence-corrected chi connectivity index (χ1v) is 12.0. The minimum atomic E-state index is -4.46. The Hall–Kier alpha value is -3.83. The van der Waals surface area contributed by atoms with Gasteiger partial charge in [-0.1, -0.05) is 48.7 Å². The molecule has 1 aliphatic carbocycles. The molecule has 0 spiro atoms. The molecule has 0 atom stereocenters. The molecular formula is C25H29F3N6O3. The number of aromatic nitrogens is 3. The first kappa shape index (κ1) is 26.2. The molecular weight excluding hydrogens is 489 g/mol. The number of primary amides is 1. The summed E-state index contributed by atoms with van der Waals surface area (Å²) in [6.45, 7) is 3.74. The van der Waals surface area contributed by atoms with Gasteiger partial charge in [0.05, 0.1) is 6.42 Å². The topological polar surface area (TPSA) is 142 Å². The second-order valence-electron chi connectivity index (χ2n) is 9.65. The van der Waals surface area contributed by atoms with E-state index < -0.39 is 23.4 Å². The lowest BCUT2D eigenvalue weighted by Crippen LogP contribution is -2.44. The van der Waals surface area contributed by atoms with Crippen LogP contribution in [0.4, 0.5) is 24.9 Å². The van der Waals surface area contributed by atoms with Crippen molar-refractivity contribution in [3.63, 3.8) is 0 Å². The maximum atomic E-state index is 13.9. The van der Waals surface area contributed by atoms with Crippen molar-refractivity contribution >= 4 is 23.5 Å². The van der Waals surface area contributed by atoms with Crippen LogP contribution in [0.1, 0.15) is 73.6 Å². The Bertz CT molecular complexity index is 1290. The highest BCUT2D eigenvalue weighted by Crippen LogP contribution is 2.50. The molecule has 0 unspecified atom stereocenters. The predicted octanol–water partition coefficient (Wildman–Crippen LogP) is 4.75. The van der Waals surface area contributed by atoms with E-state index in [1.54, 1.807) is 24.3 Å². The zero-order chi connectivity index (χ0) is 27.0. The fourth-order valence-corrected chi connectivity index (χ4v) is 4.83. The maximum Gasteiger partial charge on any atom is 0.400 e. The largest absolute Gasteiger partial charge is 0.400 e. The van der Waals surface area contributed by atoms with E-state index in [1.807, 2.05) is 13.8 Å². The molecule has 1 aliphatic rings. The molecule has 1 saturated carbocycles. The first-order chi connectivity index (χ1) is 17.4. The average molecular weight is 519 g/mol. The normalized spacial score (nSPS) is 15.6. The van der Waals surface area contributed by atoms with E-state index in [0.717, 1.165) is 6.42 Å². The molecule has 37 heavy (non-hydrogen) atoms. The van der Waals surface area contributed by atoms with Gasteiger partial charge in [0.1, 0.15) is 28.2 Å². The molecule has 0 saturated heterocycles. The van der Waals surface area contributed by atoms with E-state index in [-0.39, 0.29) is 48.3 Å². The van der Waals surface area contributed by atoms with Crippen molar-refractivity contribution in [2.75, 3.05) is 11.1 Å². The van der Waals surface area contributed by atoms with Crippen molar-refractivity contribution < 1.29 is 27.3 Å². The Labute approximate surface area is 211 Å². The average Bonchev–Trinajstić information content (AvgIpc) is 3.44. The molecule has 0 radical (unpaired) electrons. The fraction of sp³-hybridized carbons (Fsp3) is 0.440. The minimum absolute atomic E-state index is 0.0543. The molecule has 4 rings (SSSR count). The quantitative estimate of drug-likeness (QED) is 0.412. The maximum absolute atomic E-state index is 13.9. The van der Waals surface area contributed by atoms with Crippen molar-refractivity contribution in [1.82, 2.24) is 14.9 Å². The Morgan fingerprint density at radius 3 is 2.38 bits per heavy atom. The smallest absolute Gasteiger partial charge is 0.383 e. The van der Waals surface area contributed by atoms with Gasteiger partial charge in [0.15, 0.2) is 0 Å². The van der Waals surface area contributed by atoms with Crippen LogP contribution in [0.3, 0.4) is 0 Å².